The van der Waals surface area contributed by atoms with Gasteiger partial charge in [0.25, 0.3) is 0 Å². The number of aryl methyl sites for hydroxylation is 1. The zero-order chi connectivity index (χ0) is 15.7. The number of pyridine rings is 1. The van der Waals surface area contributed by atoms with E-state index in [0.717, 1.165) is 24.4 Å². The molecule has 2 aromatic rings. The molecule has 1 aliphatic rings. The fourth-order valence-corrected chi connectivity index (χ4v) is 3.47. The molecule has 4 heteroatoms. The van der Waals surface area contributed by atoms with Crippen LogP contribution in [-0.4, -0.2) is 50.2 Å². The number of ether oxygens (including phenoxy) is 1. The van der Waals surface area contributed by atoms with E-state index in [9.17, 15) is 0 Å². The predicted molar refractivity (Wildman–Crippen MR) is 92.0 cm³/mol. The van der Waals surface area contributed by atoms with Gasteiger partial charge in [-0.3, -0.25) is 4.98 Å². The molecule has 0 bridgehead atoms. The van der Waals surface area contributed by atoms with Crippen LogP contribution in [0.15, 0.2) is 24.4 Å². The standard InChI is InChI=1S/C18H25N3O/c1-13-12-19-17-15(6-5-7-16(17)22-4)18(13)21-10-8-14(9-11-21)20(2)3/h5-7,12,14H,8-11H2,1-4H3. The maximum absolute atomic E-state index is 5.47. The number of aromatic nitrogens is 1. The second-order valence-electron chi connectivity index (χ2n) is 6.33. The molecule has 0 saturated carbocycles. The summed E-state index contributed by atoms with van der Waals surface area (Å²) in [6.45, 7) is 4.35. The lowest BCUT2D eigenvalue weighted by Crippen LogP contribution is -2.42. The smallest absolute Gasteiger partial charge is 0.145 e. The van der Waals surface area contributed by atoms with Crippen molar-refractivity contribution in [3.8, 4) is 5.75 Å². The molecular weight excluding hydrogens is 274 g/mol. The molecule has 0 atom stereocenters. The number of para-hydroxylation sites is 1. The Labute approximate surface area is 132 Å². The fourth-order valence-electron chi connectivity index (χ4n) is 3.47. The Balaban J connectivity index is 1.99. The van der Waals surface area contributed by atoms with Crippen LogP contribution in [0, 0.1) is 6.92 Å². The van der Waals surface area contributed by atoms with E-state index >= 15 is 0 Å². The highest BCUT2D eigenvalue weighted by atomic mass is 16.5. The molecule has 1 aromatic heterocycles. The van der Waals surface area contributed by atoms with Gasteiger partial charge >= 0.3 is 0 Å². The lowest BCUT2D eigenvalue weighted by Gasteiger charge is -2.37. The van der Waals surface area contributed by atoms with E-state index in [4.69, 9.17) is 4.74 Å². The Hall–Kier alpha value is -1.81. The first-order valence-corrected chi connectivity index (χ1v) is 7.95. The van der Waals surface area contributed by atoms with Crippen LogP contribution in [0.25, 0.3) is 10.9 Å². The van der Waals surface area contributed by atoms with Crippen molar-refractivity contribution in [2.24, 2.45) is 0 Å². The zero-order valence-electron chi connectivity index (χ0n) is 14.0. The summed E-state index contributed by atoms with van der Waals surface area (Å²) in [4.78, 5) is 9.45. The molecule has 0 unspecified atom stereocenters. The normalized spacial score (nSPS) is 16.5. The maximum atomic E-state index is 5.47. The number of piperidine rings is 1. The first-order valence-electron chi connectivity index (χ1n) is 7.95. The summed E-state index contributed by atoms with van der Waals surface area (Å²) in [6.07, 6.45) is 4.39. The third-order valence-electron chi connectivity index (χ3n) is 4.75. The van der Waals surface area contributed by atoms with Crippen LogP contribution >= 0.6 is 0 Å². The molecule has 1 saturated heterocycles. The summed E-state index contributed by atoms with van der Waals surface area (Å²) in [7, 11) is 6.06. The summed E-state index contributed by atoms with van der Waals surface area (Å²) < 4.78 is 5.47. The SMILES string of the molecule is COc1cccc2c(N3CCC(N(C)C)CC3)c(C)cnc12. The number of benzene rings is 1. The van der Waals surface area contributed by atoms with E-state index < -0.39 is 0 Å². The van der Waals surface area contributed by atoms with Crippen LogP contribution in [0.3, 0.4) is 0 Å². The first kappa shape index (κ1) is 15.1. The number of anilines is 1. The van der Waals surface area contributed by atoms with Crippen molar-refractivity contribution in [1.82, 2.24) is 9.88 Å². The number of hydrogen-bond acceptors (Lipinski definition) is 4. The van der Waals surface area contributed by atoms with Gasteiger partial charge in [-0.15, -0.1) is 0 Å². The highest BCUT2D eigenvalue weighted by Gasteiger charge is 2.23. The number of fused-ring (bicyclic) bond motifs is 1. The van der Waals surface area contributed by atoms with Crippen LogP contribution < -0.4 is 9.64 Å². The molecule has 1 aliphatic heterocycles. The van der Waals surface area contributed by atoms with E-state index in [0.29, 0.717) is 6.04 Å². The zero-order valence-corrected chi connectivity index (χ0v) is 14.0. The topological polar surface area (TPSA) is 28.6 Å². The van der Waals surface area contributed by atoms with E-state index in [1.807, 2.05) is 12.3 Å². The van der Waals surface area contributed by atoms with Crippen molar-refractivity contribution < 1.29 is 4.74 Å². The third-order valence-corrected chi connectivity index (χ3v) is 4.75. The number of rotatable bonds is 3. The van der Waals surface area contributed by atoms with Crippen molar-refractivity contribution in [3.05, 3.63) is 30.0 Å². The molecule has 3 rings (SSSR count). The monoisotopic (exact) mass is 299 g/mol. The number of methoxy groups -OCH3 is 1. The Bertz CT molecular complexity index is 661. The van der Waals surface area contributed by atoms with Crippen molar-refractivity contribution in [2.45, 2.75) is 25.8 Å². The van der Waals surface area contributed by atoms with E-state index in [1.165, 1.54) is 29.5 Å². The number of nitrogens with zero attached hydrogens (tertiary/aromatic N) is 3. The Morgan fingerprint density at radius 2 is 1.95 bits per heavy atom. The molecular formula is C18H25N3O. The van der Waals surface area contributed by atoms with Crippen LogP contribution in [0.2, 0.25) is 0 Å². The summed E-state index contributed by atoms with van der Waals surface area (Å²) >= 11 is 0. The lowest BCUT2D eigenvalue weighted by atomic mass is 10.0. The van der Waals surface area contributed by atoms with Gasteiger partial charge in [0.05, 0.1) is 12.8 Å². The lowest BCUT2D eigenvalue weighted by molar-refractivity contribution is 0.250. The van der Waals surface area contributed by atoms with Crippen LogP contribution in [0.1, 0.15) is 18.4 Å². The molecule has 4 nitrogen and oxygen atoms in total. The van der Waals surface area contributed by atoms with Crippen molar-refractivity contribution in [2.75, 3.05) is 39.2 Å². The highest BCUT2D eigenvalue weighted by molar-refractivity contribution is 5.96. The molecule has 0 spiro atoms. The summed E-state index contributed by atoms with van der Waals surface area (Å²) in [5.74, 6) is 0.849. The minimum absolute atomic E-state index is 0.694. The minimum atomic E-state index is 0.694. The fraction of sp³-hybridized carbons (Fsp3) is 0.500. The molecule has 0 amide bonds. The van der Waals surface area contributed by atoms with Crippen molar-refractivity contribution >= 4 is 16.6 Å². The van der Waals surface area contributed by atoms with Crippen molar-refractivity contribution in [1.29, 1.82) is 0 Å². The first-order chi connectivity index (χ1) is 10.6. The van der Waals surface area contributed by atoms with Gasteiger partial charge in [-0.1, -0.05) is 12.1 Å². The average molecular weight is 299 g/mol. The van der Waals surface area contributed by atoms with Crippen LogP contribution in [0.5, 0.6) is 5.75 Å². The molecule has 0 radical (unpaired) electrons. The second-order valence-corrected chi connectivity index (χ2v) is 6.33. The van der Waals surface area contributed by atoms with Gasteiger partial charge in [0, 0.05) is 30.7 Å². The van der Waals surface area contributed by atoms with Gasteiger partial charge in [0.2, 0.25) is 0 Å². The minimum Gasteiger partial charge on any atom is -0.494 e. The molecule has 118 valence electrons. The molecule has 2 heterocycles. The summed E-state index contributed by atoms with van der Waals surface area (Å²) in [6, 6.07) is 6.88. The van der Waals surface area contributed by atoms with Crippen LogP contribution in [0.4, 0.5) is 5.69 Å². The Morgan fingerprint density at radius 1 is 1.23 bits per heavy atom. The van der Waals surface area contributed by atoms with Gasteiger partial charge < -0.3 is 14.5 Å². The third kappa shape index (κ3) is 2.63. The van der Waals surface area contributed by atoms with Gasteiger partial charge in [-0.2, -0.15) is 0 Å². The van der Waals surface area contributed by atoms with Gasteiger partial charge in [0.15, 0.2) is 0 Å². The molecule has 1 fully saturated rings. The van der Waals surface area contributed by atoms with Gasteiger partial charge in [-0.05, 0) is 45.5 Å². The molecule has 22 heavy (non-hydrogen) atoms. The van der Waals surface area contributed by atoms with E-state index in [1.54, 1.807) is 7.11 Å². The van der Waals surface area contributed by atoms with E-state index in [-0.39, 0.29) is 0 Å². The maximum Gasteiger partial charge on any atom is 0.145 e. The van der Waals surface area contributed by atoms with Crippen LogP contribution in [-0.2, 0) is 0 Å². The predicted octanol–water partition coefficient (Wildman–Crippen LogP) is 3.08. The van der Waals surface area contributed by atoms with Crippen molar-refractivity contribution in [3.63, 3.8) is 0 Å². The van der Waals surface area contributed by atoms with Gasteiger partial charge in [0.1, 0.15) is 11.3 Å². The summed E-state index contributed by atoms with van der Waals surface area (Å²) in [5, 5.41) is 1.20. The average Bonchev–Trinajstić information content (AvgIpc) is 2.54. The number of hydrogen-bond donors (Lipinski definition) is 0. The molecule has 0 aliphatic carbocycles. The largest absolute Gasteiger partial charge is 0.494 e. The van der Waals surface area contributed by atoms with E-state index in [2.05, 4.69) is 47.9 Å². The highest BCUT2D eigenvalue weighted by Crippen LogP contribution is 2.35. The second kappa shape index (κ2) is 6.13. The molecule has 0 N–H and O–H groups in total. The Morgan fingerprint density at radius 3 is 2.59 bits per heavy atom. The van der Waals surface area contributed by atoms with Gasteiger partial charge in [-0.25, -0.2) is 0 Å². The summed E-state index contributed by atoms with van der Waals surface area (Å²) in [5.41, 5.74) is 3.52. The quantitative estimate of drug-likeness (QED) is 0.871. The Kier molecular flexibility index (Phi) is 4.21. The molecule has 1 aromatic carbocycles.